The smallest absolute Gasteiger partial charge is 0.261 e. The van der Waals surface area contributed by atoms with Crippen LogP contribution in [0.5, 0.6) is 0 Å². The minimum atomic E-state index is -3.76. The topological polar surface area (TPSA) is 93.1 Å². The number of carbonyl (C=O) groups is 1. The first-order chi connectivity index (χ1) is 15.8. The molecule has 8 heteroatoms. The maximum Gasteiger partial charge on any atom is 0.261 e. The Balaban J connectivity index is 1.39. The van der Waals surface area contributed by atoms with Crippen LogP contribution in [0.2, 0.25) is 0 Å². The van der Waals surface area contributed by atoms with E-state index >= 15 is 0 Å². The van der Waals surface area contributed by atoms with Gasteiger partial charge >= 0.3 is 0 Å². The van der Waals surface area contributed by atoms with Crippen molar-refractivity contribution in [3.63, 3.8) is 0 Å². The van der Waals surface area contributed by atoms with Gasteiger partial charge in [0.15, 0.2) is 0 Å². The third-order valence-corrected chi connectivity index (χ3v) is 6.69. The maximum absolute atomic E-state index is 12.7. The Morgan fingerprint density at radius 3 is 2.36 bits per heavy atom. The van der Waals surface area contributed by atoms with E-state index < -0.39 is 10.0 Å². The zero-order valence-electron chi connectivity index (χ0n) is 18.3. The molecule has 1 heterocycles. The van der Waals surface area contributed by atoms with Crippen molar-refractivity contribution >= 4 is 21.6 Å². The normalized spacial score (nSPS) is 11.2. The molecule has 0 bridgehead atoms. The van der Waals surface area contributed by atoms with Gasteiger partial charge in [0.25, 0.3) is 15.9 Å². The number of aryl methyl sites for hydroxylation is 2. The molecular weight excluding hydrogens is 436 g/mol. The highest BCUT2D eigenvalue weighted by Crippen LogP contribution is 2.19. The first-order valence-electron chi connectivity index (χ1n) is 10.4. The molecule has 0 aliphatic carbocycles. The van der Waals surface area contributed by atoms with Crippen molar-refractivity contribution in [3.8, 4) is 5.69 Å². The van der Waals surface area contributed by atoms with Crippen LogP contribution in [0.3, 0.4) is 0 Å². The van der Waals surface area contributed by atoms with E-state index in [4.69, 9.17) is 0 Å². The van der Waals surface area contributed by atoms with E-state index in [9.17, 15) is 13.2 Å². The van der Waals surface area contributed by atoms with Crippen LogP contribution >= 0.6 is 0 Å². The summed E-state index contributed by atoms with van der Waals surface area (Å²) in [7, 11) is -3.76. The van der Waals surface area contributed by atoms with Gasteiger partial charge in [-0.3, -0.25) is 9.52 Å². The van der Waals surface area contributed by atoms with Gasteiger partial charge < -0.3 is 5.32 Å². The number of para-hydroxylation sites is 1. The van der Waals surface area contributed by atoms with Crippen LogP contribution in [0, 0.1) is 13.8 Å². The van der Waals surface area contributed by atoms with Gasteiger partial charge in [-0.2, -0.15) is 5.10 Å². The number of aromatic nitrogens is 2. The number of anilines is 1. The number of carbonyl (C=O) groups excluding carboxylic acids is 1. The molecule has 1 aromatic heterocycles. The first-order valence-corrected chi connectivity index (χ1v) is 11.9. The van der Waals surface area contributed by atoms with Gasteiger partial charge in [0.05, 0.1) is 16.8 Å². The number of hydrogen-bond donors (Lipinski definition) is 2. The molecule has 0 atom stereocenters. The number of amides is 1. The van der Waals surface area contributed by atoms with Gasteiger partial charge in [0.1, 0.15) is 0 Å². The lowest BCUT2D eigenvalue weighted by atomic mass is 10.1. The van der Waals surface area contributed by atoms with Crippen molar-refractivity contribution in [1.29, 1.82) is 0 Å². The van der Waals surface area contributed by atoms with Crippen molar-refractivity contribution in [2.75, 3.05) is 4.72 Å². The lowest BCUT2D eigenvalue weighted by Crippen LogP contribution is -2.22. The van der Waals surface area contributed by atoms with E-state index in [0.717, 1.165) is 22.4 Å². The Morgan fingerprint density at radius 1 is 0.939 bits per heavy atom. The first kappa shape index (κ1) is 22.3. The van der Waals surface area contributed by atoms with E-state index in [1.54, 1.807) is 23.0 Å². The summed E-state index contributed by atoms with van der Waals surface area (Å²) in [5.74, 6) is -0.298. The number of hydrogen-bond acceptors (Lipinski definition) is 4. The highest BCUT2D eigenvalue weighted by molar-refractivity contribution is 7.92. The lowest BCUT2D eigenvalue weighted by molar-refractivity contribution is 0.0951. The Morgan fingerprint density at radius 2 is 1.67 bits per heavy atom. The van der Waals surface area contributed by atoms with Crippen LogP contribution in [0.25, 0.3) is 5.69 Å². The largest absolute Gasteiger partial charge is 0.348 e. The summed E-state index contributed by atoms with van der Waals surface area (Å²) in [6, 6.07) is 20.9. The molecule has 0 radical (unpaired) electrons. The number of benzene rings is 3. The molecule has 0 saturated carbocycles. The summed E-state index contributed by atoms with van der Waals surface area (Å²) >= 11 is 0. The molecule has 4 rings (SSSR count). The Bertz CT molecular complexity index is 1380. The standard InChI is InChI=1S/C25H24N4O3S/c1-18-8-11-22(14-19(18)2)28-33(31,32)24-12-9-21(10-13-24)25(30)26-15-20-16-27-29(17-20)23-6-4-3-5-7-23/h3-14,16-17,28H,15H2,1-2H3,(H,26,30). The predicted molar refractivity (Wildman–Crippen MR) is 128 cm³/mol. The van der Waals surface area contributed by atoms with E-state index in [-0.39, 0.29) is 10.8 Å². The zero-order valence-corrected chi connectivity index (χ0v) is 19.1. The monoisotopic (exact) mass is 460 g/mol. The molecule has 0 saturated heterocycles. The quantitative estimate of drug-likeness (QED) is 0.432. The van der Waals surface area contributed by atoms with Crippen molar-refractivity contribution in [1.82, 2.24) is 15.1 Å². The van der Waals surface area contributed by atoms with E-state index in [1.165, 1.54) is 24.3 Å². The minimum absolute atomic E-state index is 0.0846. The lowest BCUT2D eigenvalue weighted by Gasteiger charge is -2.10. The Hall–Kier alpha value is -3.91. The van der Waals surface area contributed by atoms with Crippen molar-refractivity contribution in [2.24, 2.45) is 0 Å². The number of rotatable bonds is 7. The predicted octanol–water partition coefficient (Wildman–Crippen LogP) is 4.22. The van der Waals surface area contributed by atoms with Crippen LogP contribution in [0.15, 0.2) is 90.1 Å². The molecule has 0 aliphatic heterocycles. The van der Waals surface area contributed by atoms with Crippen molar-refractivity contribution < 1.29 is 13.2 Å². The fraction of sp³-hybridized carbons (Fsp3) is 0.120. The van der Waals surface area contributed by atoms with Gasteiger partial charge in [-0.15, -0.1) is 0 Å². The van der Waals surface area contributed by atoms with Crippen LogP contribution in [-0.2, 0) is 16.6 Å². The molecule has 7 nitrogen and oxygen atoms in total. The summed E-state index contributed by atoms with van der Waals surface area (Å²) in [6.07, 6.45) is 3.55. The molecule has 4 aromatic rings. The van der Waals surface area contributed by atoms with Crippen LogP contribution in [-0.4, -0.2) is 24.1 Å². The van der Waals surface area contributed by atoms with Crippen molar-refractivity contribution in [2.45, 2.75) is 25.3 Å². The molecule has 0 fully saturated rings. The average Bonchev–Trinajstić information content (AvgIpc) is 3.29. The van der Waals surface area contributed by atoms with Crippen LogP contribution in [0.1, 0.15) is 27.0 Å². The minimum Gasteiger partial charge on any atom is -0.348 e. The van der Waals surface area contributed by atoms with Crippen LogP contribution in [0.4, 0.5) is 5.69 Å². The summed E-state index contributed by atoms with van der Waals surface area (Å²) in [5.41, 5.74) is 4.73. The Labute approximate surface area is 193 Å². The molecular formula is C25H24N4O3S. The second-order valence-electron chi connectivity index (χ2n) is 7.74. The summed E-state index contributed by atoms with van der Waals surface area (Å²) < 4.78 is 29.7. The third-order valence-electron chi connectivity index (χ3n) is 5.30. The molecule has 0 spiro atoms. The summed E-state index contributed by atoms with van der Waals surface area (Å²) in [4.78, 5) is 12.6. The van der Waals surface area contributed by atoms with Gasteiger partial charge in [-0.25, -0.2) is 13.1 Å². The number of nitrogens with zero attached hydrogens (tertiary/aromatic N) is 2. The van der Waals surface area contributed by atoms with E-state index in [2.05, 4.69) is 15.1 Å². The molecule has 33 heavy (non-hydrogen) atoms. The second kappa shape index (κ2) is 9.30. The molecule has 0 unspecified atom stereocenters. The van der Waals surface area contributed by atoms with Crippen LogP contribution < -0.4 is 10.0 Å². The number of sulfonamides is 1. The highest BCUT2D eigenvalue weighted by atomic mass is 32.2. The van der Waals surface area contributed by atoms with Gasteiger partial charge in [0.2, 0.25) is 0 Å². The Kier molecular flexibility index (Phi) is 6.28. The van der Waals surface area contributed by atoms with Crippen molar-refractivity contribution in [3.05, 3.63) is 107 Å². The fourth-order valence-electron chi connectivity index (χ4n) is 3.26. The maximum atomic E-state index is 12.7. The zero-order chi connectivity index (χ0) is 23.4. The molecule has 3 aromatic carbocycles. The van der Waals surface area contributed by atoms with E-state index in [1.807, 2.05) is 56.4 Å². The SMILES string of the molecule is Cc1ccc(NS(=O)(=O)c2ccc(C(=O)NCc3cnn(-c4ccccc4)c3)cc2)cc1C. The number of nitrogens with one attached hydrogen (secondary N) is 2. The molecule has 168 valence electrons. The average molecular weight is 461 g/mol. The molecule has 0 aliphatic rings. The highest BCUT2D eigenvalue weighted by Gasteiger charge is 2.16. The van der Waals surface area contributed by atoms with Gasteiger partial charge in [0, 0.05) is 29.6 Å². The third kappa shape index (κ3) is 5.30. The molecule has 1 amide bonds. The van der Waals surface area contributed by atoms with Gasteiger partial charge in [-0.1, -0.05) is 24.3 Å². The fourth-order valence-corrected chi connectivity index (χ4v) is 4.31. The second-order valence-corrected chi connectivity index (χ2v) is 9.42. The van der Waals surface area contributed by atoms with Gasteiger partial charge in [-0.05, 0) is 73.5 Å². The van der Waals surface area contributed by atoms with E-state index in [0.29, 0.717) is 17.8 Å². The molecule has 2 N–H and O–H groups in total. The summed E-state index contributed by atoms with van der Waals surface area (Å²) in [5, 5.41) is 7.14. The summed E-state index contributed by atoms with van der Waals surface area (Å²) in [6.45, 7) is 4.19.